The minimum atomic E-state index is -4.75. The van der Waals surface area contributed by atoms with Crippen molar-refractivity contribution in [2.45, 2.75) is 0 Å². The van der Waals surface area contributed by atoms with Crippen LogP contribution in [0.4, 0.5) is 4.79 Å². The molecule has 60 valence electrons. The first kappa shape index (κ1) is 10.2. The predicted molar refractivity (Wildman–Crippen MR) is 34.9 cm³/mol. The normalized spacial score (nSPS) is 13.0. The molecule has 0 N–H and O–H groups in total. The van der Waals surface area contributed by atoms with Crippen LogP contribution in [-0.2, 0) is 18.1 Å². The minimum Gasteiger partial charge on any atom is -0.260 e. The van der Waals surface area contributed by atoms with E-state index in [4.69, 9.17) is 0 Å². The van der Waals surface area contributed by atoms with Gasteiger partial charge in [0.2, 0.25) is 0 Å². The summed E-state index contributed by atoms with van der Waals surface area (Å²) in [5.41, 5.74) is 0. The molecule has 9 heteroatoms. The fraction of sp³-hybridized carbons (Fsp3) is 0. The molecule has 0 aliphatic carbocycles. The fourth-order valence-corrected chi connectivity index (χ4v) is 2.85. The second-order valence-electron chi connectivity index (χ2n) is 1.13. The van der Waals surface area contributed by atoms with Crippen LogP contribution in [-0.4, -0.2) is 21.3 Å². The molecule has 0 aliphatic rings. The van der Waals surface area contributed by atoms with Crippen LogP contribution in [0.3, 0.4) is 0 Å². The van der Waals surface area contributed by atoms with Gasteiger partial charge in [0, 0.05) is 21.4 Å². The summed E-state index contributed by atoms with van der Waals surface area (Å²) in [6.07, 6.45) is 0. The van der Waals surface area contributed by atoms with Gasteiger partial charge < -0.3 is 0 Å². The second-order valence-corrected chi connectivity index (χ2v) is 6.31. The first-order chi connectivity index (χ1) is 4.15. The molecule has 0 bridgehead atoms. The number of halogens is 2. The highest BCUT2D eigenvalue weighted by Crippen LogP contribution is 2.10. The lowest BCUT2D eigenvalue weighted by Gasteiger charge is -1.86. The molecule has 0 atom stereocenters. The average Bonchev–Trinajstić information content (AvgIpc) is 1.59. The summed E-state index contributed by atoms with van der Waals surface area (Å²) >= 11 is 0. The molecule has 10 heavy (non-hydrogen) atoms. The molecule has 0 unspecified atom stereocenters. The third kappa shape index (κ3) is 2.82. The zero-order valence-electron chi connectivity index (χ0n) is 4.11. The van der Waals surface area contributed by atoms with Crippen molar-refractivity contribution in [3.8, 4) is 0 Å². The van der Waals surface area contributed by atoms with Crippen LogP contribution in [0, 0.1) is 0 Å². The quantitative estimate of drug-likeness (QED) is 0.553. The Morgan fingerprint density at radius 1 is 0.900 bits per heavy atom. The molecular weight excluding hydrogens is 227 g/mol. The number of hydrogen-bond donors (Lipinski definition) is 0. The van der Waals surface area contributed by atoms with Gasteiger partial charge in [-0.3, -0.25) is 4.79 Å². The van der Waals surface area contributed by atoms with Gasteiger partial charge in [0.1, 0.15) is 0 Å². The number of rotatable bonds is 0. The van der Waals surface area contributed by atoms with Crippen molar-refractivity contribution >= 4 is 43.9 Å². The van der Waals surface area contributed by atoms with Crippen LogP contribution in [0.5, 0.6) is 0 Å². The molecule has 5 nitrogen and oxygen atoms in total. The number of carbonyl (C=O) groups is 1. The Labute approximate surface area is 65.8 Å². The Morgan fingerprint density at radius 3 is 1.10 bits per heavy atom. The second kappa shape index (κ2) is 2.65. The molecule has 0 aliphatic heterocycles. The van der Waals surface area contributed by atoms with Crippen molar-refractivity contribution in [3.05, 3.63) is 0 Å². The zero-order valence-corrected chi connectivity index (χ0v) is 7.26. The molecule has 0 saturated carbocycles. The van der Waals surface area contributed by atoms with E-state index >= 15 is 0 Å². The molecule has 0 aromatic rings. The van der Waals surface area contributed by atoms with E-state index in [1.807, 2.05) is 0 Å². The molecule has 0 saturated heterocycles. The van der Waals surface area contributed by atoms with E-state index in [9.17, 15) is 21.6 Å². The van der Waals surface area contributed by atoms with E-state index < -0.39 is 22.5 Å². The maximum absolute atomic E-state index is 10.0. The van der Waals surface area contributed by atoms with Crippen LogP contribution < -0.4 is 0 Å². The molecule has 0 spiro atoms. The van der Waals surface area contributed by atoms with Crippen LogP contribution in [0.1, 0.15) is 0 Å². The van der Waals surface area contributed by atoms with E-state index in [1.165, 1.54) is 0 Å². The Bertz CT molecular complexity index is 300. The van der Waals surface area contributed by atoms with Gasteiger partial charge in [-0.25, -0.2) is 16.8 Å². The molecule has 0 heterocycles. The van der Waals surface area contributed by atoms with Gasteiger partial charge in [-0.2, -0.15) is 0 Å². The van der Waals surface area contributed by atoms with Gasteiger partial charge in [-0.1, -0.05) is 0 Å². The molecule has 0 fully saturated rings. The van der Waals surface area contributed by atoms with Crippen molar-refractivity contribution in [1.82, 2.24) is 0 Å². The van der Waals surface area contributed by atoms with Crippen LogP contribution in [0.25, 0.3) is 0 Å². The highest BCUT2D eigenvalue weighted by molar-refractivity contribution is 8.47. The monoisotopic (exact) mass is 226 g/mol. The molecular formula is CCl2O5S2. The number of carbonyl (C=O) groups excluding carboxylic acids is 1. The van der Waals surface area contributed by atoms with E-state index in [1.54, 1.807) is 0 Å². The summed E-state index contributed by atoms with van der Waals surface area (Å²) in [7, 11) is -0.840. The largest absolute Gasteiger partial charge is 0.390 e. The van der Waals surface area contributed by atoms with Crippen LogP contribution in [0.2, 0.25) is 0 Å². The highest BCUT2D eigenvalue weighted by Gasteiger charge is 2.31. The van der Waals surface area contributed by atoms with E-state index in [0.717, 1.165) is 0 Å². The average molecular weight is 227 g/mol. The Morgan fingerprint density at radius 2 is 1.10 bits per heavy atom. The maximum Gasteiger partial charge on any atom is 0.390 e. The van der Waals surface area contributed by atoms with Gasteiger partial charge in [0.15, 0.2) is 0 Å². The van der Waals surface area contributed by atoms with Crippen molar-refractivity contribution in [3.63, 3.8) is 0 Å². The Balaban J connectivity index is 5.16. The standard InChI is InChI=1S/CCl2O5S2/c2-9(5,6)1(4)10(3,7)8. The summed E-state index contributed by atoms with van der Waals surface area (Å²) in [6, 6.07) is 0. The summed E-state index contributed by atoms with van der Waals surface area (Å²) in [5.74, 6) is 0. The Kier molecular flexibility index (Phi) is 2.69. The van der Waals surface area contributed by atoms with Crippen LogP contribution >= 0.6 is 21.4 Å². The first-order valence-corrected chi connectivity index (χ1v) is 6.21. The first-order valence-electron chi connectivity index (χ1n) is 1.59. The summed E-state index contributed by atoms with van der Waals surface area (Å²) in [4.78, 5) is 10.0. The van der Waals surface area contributed by atoms with Gasteiger partial charge in [0.05, 0.1) is 0 Å². The van der Waals surface area contributed by atoms with Crippen molar-refractivity contribution < 1.29 is 21.6 Å². The minimum absolute atomic E-state index is 2.21. The molecule has 0 amide bonds. The van der Waals surface area contributed by atoms with E-state index in [2.05, 4.69) is 21.4 Å². The van der Waals surface area contributed by atoms with Crippen molar-refractivity contribution in [2.75, 3.05) is 0 Å². The lowest BCUT2D eigenvalue weighted by atomic mass is 11.8. The van der Waals surface area contributed by atoms with Crippen molar-refractivity contribution in [1.29, 1.82) is 0 Å². The molecule has 0 rings (SSSR count). The smallest absolute Gasteiger partial charge is 0.260 e. The van der Waals surface area contributed by atoms with Crippen molar-refractivity contribution in [2.24, 2.45) is 0 Å². The molecule has 0 aromatic carbocycles. The van der Waals surface area contributed by atoms with Gasteiger partial charge in [-0.05, 0) is 0 Å². The fourth-order valence-electron chi connectivity index (χ4n) is 0.119. The predicted octanol–water partition coefficient (Wildman–Crippen LogP) is 0.244. The van der Waals surface area contributed by atoms with Crippen LogP contribution in [0.15, 0.2) is 0 Å². The lowest BCUT2D eigenvalue weighted by molar-refractivity contribution is 0.273. The summed E-state index contributed by atoms with van der Waals surface area (Å²) in [6.45, 7) is 0. The zero-order chi connectivity index (χ0) is 8.58. The van der Waals surface area contributed by atoms with Gasteiger partial charge >= 0.3 is 22.5 Å². The number of hydrogen-bond acceptors (Lipinski definition) is 5. The third-order valence-electron chi connectivity index (χ3n) is 0.398. The topological polar surface area (TPSA) is 85.3 Å². The van der Waals surface area contributed by atoms with E-state index in [0.29, 0.717) is 0 Å². The van der Waals surface area contributed by atoms with Gasteiger partial charge in [0.25, 0.3) is 0 Å². The molecule has 0 aromatic heterocycles. The maximum atomic E-state index is 10.0. The van der Waals surface area contributed by atoms with E-state index in [-0.39, 0.29) is 0 Å². The summed E-state index contributed by atoms with van der Waals surface area (Å²) in [5, 5.41) is 0. The van der Waals surface area contributed by atoms with Gasteiger partial charge in [-0.15, -0.1) is 0 Å². The molecule has 0 radical (unpaired) electrons. The lowest BCUT2D eigenvalue weighted by Crippen LogP contribution is -2.12. The summed E-state index contributed by atoms with van der Waals surface area (Å²) < 4.78 is 37.5. The third-order valence-corrected chi connectivity index (χ3v) is 3.90. The highest BCUT2D eigenvalue weighted by atomic mass is 35.7. The Hall–Kier alpha value is 0.150. The SMILES string of the molecule is O=C(S(=O)(=O)Cl)S(=O)(=O)Cl.